The summed E-state index contributed by atoms with van der Waals surface area (Å²) in [6, 6.07) is 134. The van der Waals surface area contributed by atoms with E-state index in [0.717, 1.165) is 32.9 Å². The van der Waals surface area contributed by atoms with Gasteiger partial charge in [-0.2, -0.15) is 0 Å². The molecule has 0 atom stereocenters. The molecule has 2 aliphatic rings. The summed E-state index contributed by atoms with van der Waals surface area (Å²) < 4.78 is 1.10. The largest absolute Gasteiger partial charge is 0.356 e. The number of hydrogen-bond donors (Lipinski definition) is 1. The van der Waals surface area contributed by atoms with Crippen LogP contribution in [0.25, 0.3) is 44.5 Å². The molecule has 0 saturated heterocycles. The summed E-state index contributed by atoms with van der Waals surface area (Å²) in [5, 5.41) is 3.38. The second-order valence-electron chi connectivity index (χ2n) is 22.5. The van der Waals surface area contributed by atoms with Crippen molar-refractivity contribution in [2.75, 3.05) is 10.2 Å². The molecule has 16 rings (SSSR count). The van der Waals surface area contributed by atoms with Crippen molar-refractivity contribution in [3.63, 3.8) is 0 Å². The van der Waals surface area contributed by atoms with Gasteiger partial charge in [-0.1, -0.05) is 319 Å². The highest BCUT2D eigenvalue weighted by Gasteiger charge is 2.47. The van der Waals surface area contributed by atoms with Crippen LogP contribution in [0.3, 0.4) is 0 Å². The molecule has 14 aromatic carbocycles. The molecular formula is C86H63BrN2. The summed E-state index contributed by atoms with van der Waals surface area (Å²) in [5.74, 6) is 0. The summed E-state index contributed by atoms with van der Waals surface area (Å²) in [7, 11) is 0. The summed E-state index contributed by atoms with van der Waals surface area (Å²) >= 11 is 3.69. The third kappa shape index (κ3) is 10.8. The van der Waals surface area contributed by atoms with Crippen molar-refractivity contribution in [3.05, 3.63) is 425 Å². The van der Waals surface area contributed by atoms with E-state index in [2.05, 4.69) is 378 Å². The molecule has 0 bridgehead atoms. The number of halogens is 1. The highest BCUT2D eigenvalue weighted by molar-refractivity contribution is 9.10. The molecule has 0 aromatic heterocycles. The van der Waals surface area contributed by atoms with Gasteiger partial charge in [-0.05, 0) is 162 Å². The first-order valence-electron chi connectivity index (χ1n) is 30.4. The van der Waals surface area contributed by atoms with Gasteiger partial charge >= 0.3 is 0 Å². The number of rotatable bonds is 11. The van der Waals surface area contributed by atoms with Gasteiger partial charge < -0.3 is 10.2 Å². The van der Waals surface area contributed by atoms with Gasteiger partial charge in [0.25, 0.3) is 0 Å². The molecule has 424 valence electrons. The van der Waals surface area contributed by atoms with Crippen LogP contribution in [0.5, 0.6) is 0 Å². The lowest BCUT2D eigenvalue weighted by atomic mass is 9.67. The van der Waals surface area contributed by atoms with Crippen LogP contribution in [0.15, 0.2) is 381 Å². The van der Waals surface area contributed by atoms with Crippen LogP contribution in [-0.4, -0.2) is 0 Å². The van der Waals surface area contributed by atoms with Crippen LogP contribution < -0.4 is 10.2 Å². The van der Waals surface area contributed by atoms with Crippen LogP contribution in [0, 0.1) is 0 Å². The molecule has 2 aliphatic carbocycles. The summed E-state index contributed by atoms with van der Waals surface area (Å²) in [6.07, 6.45) is 0. The minimum atomic E-state index is -0.440. The van der Waals surface area contributed by atoms with Crippen LogP contribution in [0.4, 0.5) is 28.4 Å². The molecule has 89 heavy (non-hydrogen) atoms. The Hall–Kier alpha value is -10.8. The predicted molar refractivity (Wildman–Crippen MR) is 377 cm³/mol. The molecule has 0 heterocycles. The molecule has 0 amide bonds. The minimum Gasteiger partial charge on any atom is -0.356 e. The number of nitrogens with zero attached hydrogens (tertiary/aromatic N) is 1. The van der Waals surface area contributed by atoms with Gasteiger partial charge in [0.05, 0.1) is 10.8 Å². The zero-order chi connectivity index (χ0) is 59.8. The lowest BCUT2D eigenvalue weighted by Crippen LogP contribution is -2.28. The summed E-state index contributed by atoms with van der Waals surface area (Å²) in [4.78, 5) is 2.36. The maximum atomic E-state index is 3.69. The van der Waals surface area contributed by atoms with E-state index in [1.807, 2.05) is 24.3 Å². The van der Waals surface area contributed by atoms with Crippen molar-refractivity contribution >= 4 is 44.4 Å². The van der Waals surface area contributed by atoms with E-state index in [1.165, 1.54) is 89.0 Å². The monoisotopic (exact) mass is 1200 g/mol. The molecular weight excluding hydrogens is 1140 g/mol. The van der Waals surface area contributed by atoms with Gasteiger partial charge in [-0.3, -0.25) is 0 Å². The topological polar surface area (TPSA) is 15.3 Å². The average molecular weight is 1200 g/mol. The summed E-state index contributed by atoms with van der Waals surface area (Å²) in [6.45, 7) is 0. The second kappa shape index (κ2) is 25.2. The van der Waals surface area contributed by atoms with Crippen molar-refractivity contribution in [2.24, 2.45) is 0 Å². The SMILES string of the molecule is Brc1cccc(C2(c3ccccc3)c3ccccc3-c3ccccc32)c1.c1ccc(-c2ccc(N(c3ccccc3)c3cccc(C4(c5ccccc5)c5ccccc5-c5ccccc54)c3)cc2)cc1.c1ccc(Nc2ccc(-c3ccccc3)cc2)cc1. The van der Waals surface area contributed by atoms with Crippen molar-refractivity contribution in [3.8, 4) is 44.5 Å². The molecule has 14 aromatic rings. The standard InChI is InChI=1S/C43H31N.C25H17Br.C18H15N/c1-4-15-32(16-5-1)33-27-29-37(30-28-33)44(36-20-8-3-9-21-36)38-22-14-19-35(31-38)43(34-17-6-2-7-18-34)41-25-12-10-23-39(41)40-24-11-13-26-42(40)43;26-20-12-8-11-19(17-20)25(18-9-2-1-3-10-18)23-15-6-4-13-21(23)22-14-5-7-16-24(22)25;1-3-7-15(8-4-1)16-11-13-18(14-12-16)19-17-9-5-2-6-10-17/h1-31H;1-17H;1-14,19H. The Morgan fingerprint density at radius 1 is 0.225 bits per heavy atom. The Balaban J connectivity index is 0.000000130. The summed E-state index contributed by atoms with van der Waals surface area (Å²) in [5.41, 5.74) is 25.5. The second-order valence-corrected chi connectivity index (χ2v) is 23.4. The number of benzene rings is 14. The first-order chi connectivity index (χ1) is 44.1. The van der Waals surface area contributed by atoms with Crippen molar-refractivity contribution in [2.45, 2.75) is 10.8 Å². The molecule has 1 N–H and O–H groups in total. The molecule has 3 heteroatoms. The molecule has 0 radical (unpaired) electrons. The van der Waals surface area contributed by atoms with Crippen LogP contribution in [0.1, 0.15) is 44.5 Å². The Bertz CT molecular complexity index is 4580. The Labute approximate surface area is 531 Å². The minimum absolute atomic E-state index is 0.293. The third-order valence-corrected chi connectivity index (χ3v) is 17.9. The molecule has 0 aliphatic heterocycles. The van der Waals surface area contributed by atoms with Gasteiger partial charge in [0.1, 0.15) is 0 Å². The Morgan fingerprint density at radius 3 is 0.966 bits per heavy atom. The number of hydrogen-bond acceptors (Lipinski definition) is 2. The van der Waals surface area contributed by atoms with Crippen LogP contribution in [-0.2, 0) is 10.8 Å². The first kappa shape index (κ1) is 56.0. The van der Waals surface area contributed by atoms with E-state index in [4.69, 9.17) is 0 Å². The van der Waals surface area contributed by atoms with Gasteiger partial charge in [-0.15, -0.1) is 0 Å². The average Bonchev–Trinajstić information content (AvgIpc) is 1.74. The number of para-hydroxylation sites is 2. The van der Waals surface area contributed by atoms with E-state index in [1.54, 1.807) is 0 Å². The first-order valence-corrected chi connectivity index (χ1v) is 31.2. The van der Waals surface area contributed by atoms with Gasteiger partial charge in [0.15, 0.2) is 0 Å². The third-order valence-electron chi connectivity index (χ3n) is 17.4. The maximum absolute atomic E-state index is 3.69. The highest BCUT2D eigenvalue weighted by atomic mass is 79.9. The van der Waals surface area contributed by atoms with Gasteiger partial charge in [0, 0.05) is 32.9 Å². The lowest BCUT2D eigenvalue weighted by molar-refractivity contribution is 0.768. The van der Waals surface area contributed by atoms with E-state index < -0.39 is 5.41 Å². The Kier molecular flexibility index (Phi) is 15.9. The van der Waals surface area contributed by atoms with E-state index in [9.17, 15) is 0 Å². The smallest absolute Gasteiger partial charge is 0.0714 e. The van der Waals surface area contributed by atoms with Gasteiger partial charge in [-0.25, -0.2) is 0 Å². The maximum Gasteiger partial charge on any atom is 0.0714 e. The molecule has 0 saturated carbocycles. The fraction of sp³-hybridized carbons (Fsp3) is 0.0233. The number of fused-ring (bicyclic) bond motifs is 6. The molecule has 0 spiro atoms. The highest BCUT2D eigenvalue weighted by Crippen LogP contribution is 2.58. The Morgan fingerprint density at radius 2 is 0.528 bits per heavy atom. The number of nitrogens with one attached hydrogen (secondary N) is 1. The number of anilines is 5. The molecule has 2 nitrogen and oxygen atoms in total. The van der Waals surface area contributed by atoms with Gasteiger partial charge in [0.2, 0.25) is 0 Å². The van der Waals surface area contributed by atoms with E-state index >= 15 is 0 Å². The quantitative estimate of drug-likeness (QED) is 0.139. The van der Waals surface area contributed by atoms with Crippen molar-refractivity contribution in [1.29, 1.82) is 0 Å². The fourth-order valence-electron chi connectivity index (χ4n) is 13.5. The normalized spacial score (nSPS) is 12.5. The molecule has 0 unspecified atom stereocenters. The zero-order valence-electron chi connectivity index (χ0n) is 49.1. The molecule has 0 fully saturated rings. The lowest BCUT2D eigenvalue weighted by Gasteiger charge is -2.35. The van der Waals surface area contributed by atoms with E-state index in [-0.39, 0.29) is 5.41 Å². The zero-order valence-corrected chi connectivity index (χ0v) is 50.7. The van der Waals surface area contributed by atoms with Crippen molar-refractivity contribution < 1.29 is 0 Å². The van der Waals surface area contributed by atoms with E-state index in [0.29, 0.717) is 0 Å². The van der Waals surface area contributed by atoms with Crippen molar-refractivity contribution in [1.82, 2.24) is 0 Å². The fourth-order valence-corrected chi connectivity index (χ4v) is 13.9. The van der Waals surface area contributed by atoms with Crippen LogP contribution >= 0.6 is 15.9 Å². The van der Waals surface area contributed by atoms with Crippen LogP contribution in [0.2, 0.25) is 0 Å². The predicted octanol–water partition coefficient (Wildman–Crippen LogP) is 23.1.